The minimum atomic E-state index is -0.567. The Morgan fingerprint density at radius 1 is 1.25 bits per heavy atom. The number of carbonyl (C=O) groups excluding carboxylic acids is 1. The highest BCUT2D eigenvalue weighted by molar-refractivity contribution is 5.92. The van der Waals surface area contributed by atoms with Crippen molar-refractivity contribution in [3.8, 4) is 0 Å². The summed E-state index contributed by atoms with van der Waals surface area (Å²) in [5, 5.41) is 0. The second kappa shape index (κ2) is 3.37. The molecule has 1 saturated carbocycles. The highest BCUT2D eigenvalue weighted by Crippen LogP contribution is 2.50. The van der Waals surface area contributed by atoms with Gasteiger partial charge in [-0.25, -0.2) is 8.78 Å². The molecule has 1 nitrogen and oxygen atoms in total. The number of ketones is 1. The van der Waals surface area contributed by atoms with Crippen LogP contribution in [-0.2, 0) is 4.79 Å². The fourth-order valence-electron chi connectivity index (χ4n) is 2.19. The van der Waals surface area contributed by atoms with Gasteiger partial charge in [-0.3, -0.25) is 4.79 Å². The van der Waals surface area contributed by atoms with Crippen LogP contribution in [0.2, 0.25) is 0 Å². The molecule has 0 saturated heterocycles. The molecular weight excluding hydrogens is 210 g/mol. The van der Waals surface area contributed by atoms with E-state index in [9.17, 15) is 13.6 Å². The van der Waals surface area contributed by atoms with Crippen LogP contribution in [0.4, 0.5) is 8.78 Å². The van der Waals surface area contributed by atoms with Crippen LogP contribution in [0.3, 0.4) is 0 Å². The van der Waals surface area contributed by atoms with Crippen molar-refractivity contribution >= 4 is 5.78 Å². The van der Waals surface area contributed by atoms with E-state index in [-0.39, 0.29) is 11.7 Å². The number of rotatable bonds is 1. The molecule has 0 N–H and O–H groups in total. The number of halogens is 2. The molecule has 0 spiro atoms. The molecule has 1 aliphatic carbocycles. The van der Waals surface area contributed by atoms with Crippen LogP contribution in [0, 0.1) is 24.0 Å². The van der Waals surface area contributed by atoms with Gasteiger partial charge in [0.05, 0.1) is 0 Å². The summed E-state index contributed by atoms with van der Waals surface area (Å²) in [5.41, 5.74) is 0.0557. The van der Waals surface area contributed by atoms with E-state index in [0.29, 0.717) is 17.5 Å². The summed E-state index contributed by atoms with van der Waals surface area (Å²) in [6, 6.07) is 2.42. The third-order valence-corrected chi connectivity index (χ3v) is 3.63. The van der Waals surface area contributed by atoms with Gasteiger partial charge < -0.3 is 0 Å². The Bertz CT molecular complexity index is 463. The fourth-order valence-corrected chi connectivity index (χ4v) is 2.19. The highest BCUT2D eigenvalue weighted by atomic mass is 19.1. The van der Waals surface area contributed by atoms with E-state index in [4.69, 9.17) is 0 Å². The largest absolute Gasteiger partial charge is 0.299 e. The van der Waals surface area contributed by atoms with Crippen LogP contribution < -0.4 is 0 Å². The van der Waals surface area contributed by atoms with Crippen LogP contribution in [0.15, 0.2) is 12.1 Å². The standard InChI is InChI=1S/C13H14F2O/c1-7-4-11(15)8(5-10(7)14)9-6-12(16)13(9,2)3/h4-5,9H,6H2,1-3H3. The van der Waals surface area contributed by atoms with E-state index in [1.54, 1.807) is 13.8 Å². The summed E-state index contributed by atoms with van der Waals surface area (Å²) in [6.07, 6.45) is 0.312. The molecule has 1 aliphatic rings. The monoisotopic (exact) mass is 224 g/mol. The van der Waals surface area contributed by atoms with Crippen molar-refractivity contribution in [2.75, 3.05) is 0 Å². The molecule has 16 heavy (non-hydrogen) atoms. The fraction of sp³-hybridized carbons (Fsp3) is 0.462. The van der Waals surface area contributed by atoms with Gasteiger partial charge in [-0.1, -0.05) is 13.8 Å². The summed E-state index contributed by atoms with van der Waals surface area (Å²) in [4.78, 5) is 11.4. The Morgan fingerprint density at radius 2 is 1.88 bits per heavy atom. The Kier molecular flexibility index (Phi) is 2.37. The van der Waals surface area contributed by atoms with Crippen molar-refractivity contribution in [2.24, 2.45) is 5.41 Å². The summed E-state index contributed by atoms with van der Waals surface area (Å²) in [5.74, 6) is -0.913. The molecule has 0 aromatic heterocycles. The van der Waals surface area contributed by atoms with Gasteiger partial charge in [0.25, 0.3) is 0 Å². The van der Waals surface area contributed by atoms with E-state index in [1.807, 2.05) is 0 Å². The lowest BCUT2D eigenvalue weighted by molar-refractivity contribution is -0.138. The maximum absolute atomic E-state index is 13.7. The van der Waals surface area contributed by atoms with Crippen LogP contribution in [0.1, 0.15) is 37.3 Å². The van der Waals surface area contributed by atoms with Crippen molar-refractivity contribution in [1.29, 1.82) is 0 Å². The average Bonchev–Trinajstić information content (AvgIpc) is 2.20. The Hall–Kier alpha value is -1.25. The number of benzene rings is 1. The smallest absolute Gasteiger partial charge is 0.139 e. The maximum Gasteiger partial charge on any atom is 0.139 e. The first-order valence-corrected chi connectivity index (χ1v) is 5.33. The maximum atomic E-state index is 13.7. The van der Waals surface area contributed by atoms with Crippen LogP contribution in [0.25, 0.3) is 0 Å². The normalized spacial score (nSPS) is 23.1. The van der Waals surface area contributed by atoms with Crippen molar-refractivity contribution in [3.05, 3.63) is 34.9 Å². The van der Waals surface area contributed by atoms with Gasteiger partial charge in [-0.15, -0.1) is 0 Å². The molecule has 1 atom stereocenters. The number of carbonyl (C=O) groups is 1. The minimum Gasteiger partial charge on any atom is -0.299 e. The first-order valence-electron chi connectivity index (χ1n) is 5.33. The molecule has 1 aromatic carbocycles. The molecular formula is C13H14F2O. The number of hydrogen-bond donors (Lipinski definition) is 0. The molecule has 0 bridgehead atoms. The zero-order valence-electron chi connectivity index (χ0n) is 9.60. The second-order valence-electron chi connectivity index (χ2n) is 5.02. The SMILES string of the molecule is Cc1cc(F)c(C2CC(=O)C2(C)C)cc1F. The highest BCUT2D eigenvalue weighted by Gasteiger charge is 2.48. The van der Waals surface area contributed by atoms with Crippen molar-refractivity contribution in [3.63, 3.8) is 0 Å². The van der Waals surface area contributed by atoms with E-state index >= 15 is 0 Å². The molecule has 86 valence electrons. The third kappa shape index (κ3) is 1.46. The number of aryl methyl sites for hydroxylation is 1. The molecule has 0 radical (unpaired) electrons. The molecule has 0 amide bonds. The summed E-state index contributed by atoms with van der Waals surface area (Å²) >= 11 is 0. The molecule has 2 rings (SSSR count). The lowest BCUT2D eigenvalue weighted by Crippen LogP contribution is -2.43. The Morgan fingerprint density at radius 3 is 2.38 bits per heavy atom. The van der Waals surface area contributed by atoms with Gasteiger partial charge in [0.2, 0.25) is 0 Å². The molecule has 0 heterocycles. The van der Waals surface area contributed by atoms with Gasteiger partial charge in [-0.05, 0) is 30.2 Å². The lowest BCUT2D eigenvalue weighted by Gasteiger charge is -2.43. The lowest BCUT2D eigenvalue weighted by atomic mass is 9.59. The van der Waals surface area contributed by atoms with Gasteiger partial charge in [0.1, 0.15) is 17.4 Å². The molecule has 1 unspecified atom stereocenters. The summed E-state index contributed by atoms with van der Waals surface area (Å²) in [7, 11) is 0. The van der Waals surface area contributed by atoms with Crippen LogP contribution in [-0.4, -0.2) is 5.78 Å². The second-order valence-corrected chi connectivity index (χ2v) is 5.02. The average molecular weight is 224 g/mol. The van der Waals surface area contributed by atoms with Gasteiger partial charge in [0.15, 0.2) is 0 Å². The Labute approximate surface area is 93.5 Å². The topological polar surface area (TPSA) is 17.1 Å². The number of hydrogen-bond acceptors (Lipinski definition) is 1. The quantitative estimate of drug-likeness (QED) is 0.714. The minimum absolute atomic E-state index is 0.109. The van der Waals surface area contributed by atoms with Crippen LogP contribution >= 0.6 is 0 Å². The van der Waals surface area contributed by atoms with Gasteiger partial charge >= 0.3 is 0 Å². The van der Waals surface area contributed by atoms with Gasteiger partial charge in [0, 0.05) is 17.8 Å². The molecule has 0 aliphatic heterocycles. The van der Waals surface area contributed by atoms with E-state index in [1.165, 1.54) is 19.1 Å². The molecule has 1 fully saturated rings. The molecule has 1 aromatic rings. The van der Waals surface area contributed by atoms with Crippen molar-refractivity contribution in [2.45, 2.75) is 33.1 Å². The Balaban J connectivity index is 2.43. The summed E-state index contributed by atoms with van der Waals surface area (Å²) in [6.45, 7) is 5.08. The van der Waals surface area contributed by atoms with Crippen molar-refractivity contribution in [1.82, 2.24) is 0 Å². The predicted molar refractivity (Wildman–Crippen MR) is 57.2 cm³/mol. The zero-order chi connectivity index (χ0) is 12.1. The van der Waals surface area contributed by atoms with Crippen molar-refractivity contribution < 1.29 is 13.6 Å². The van der Waals surface area contributed by atoms with E-state index in [2.05, 4.69) is 0 Å². The molecule has 3 heteroatoms. The van der Waals surface area contributed by atoms with Gasteiger partial charge in [-0.2, -0.15) is 0 Å². The summed E-state index contributed by atoms with van der Waals surface area (Å²) < 4.78 is 27.1. The third-order valence-electron chi connectivity index (χ3n) is 3.63. The van der Waals surface area contributed by atoms with E-state index < -0.39 is 17.0 Å². The van der Waals surface area contributed by atoms with Crippen LogP contribution in [0.5, 0.6) is 0 Å². The zero-order valence-corrected chi connectivity index (χ0v) is 9.60. The first kappa shape index (κ1) is 11.2. The predicted octanol–water partition coefficient (Wildman–Crippen LogP) is 3.36. The first-order chi connectivity index (χ1) is 7.34. The van der Waals surface area contributed by atoms with E-state index in [0.717, 1.165) is 0 Å². The number of Topliss-reactive ketones (excluding diaryl/α,β-unsaturated/α-hetero) is 1.